The minimum absolute atomic E-state index is 0.0526. The van der Waals surface area contributed by atoms with Crippen LogP contribution in [0.15, 0.2) is 10.5 Å². The van der Waals surface area contributed by atoms with Gasteiger partial charge in [0.05, 0.1) is 16.6 Å². The van der Waals surface area contributed by atoms with Gasteiger partial charge in [0.2, 0.25) is 0 Å². The number of benzene rings is 1. The normalized spacial score (nSPS) is 9.93. The Morgan fingerprint density at radius 1 is 1.50 bits per heavy atom. The van der Waals surface area contributed by atoms with Crippen LogP contribution in [-0.2, 0) is 4.74 Å². The largest absolute Gasteiger partial charge is 0.507 e. The van der Waals surface area contributed by atoms with E-state index in [0.717, 1.165) is 6.07 Å². The van der Waals surface area contributed by atoms with Crippen LogP contribution in [0.1, 0.15) is 10.4 Å². The minimum Gasteiger partial charge on any atom is -0.507 e. The maximum atomic E-state index is 11.2. The zero-order valence-corrected chi connectivity index (χ0v) is 9.39. The second kappa shape index (κ2) is 4.06. The summed E-state index contributed by atoms with van der Waals surface area (Å²) in [5, 5.41) is 18.5. The lowest BCUT2D eigenvalue weighted by Crippen LogP contribution is -2.03. The van der Waals surface area contributed by atoms with Crippen LogP contribution in [0.25, 0.3) is 0 Å². The van der Waals surface area contributed by atoms with Gasteiger partial charge in [-0.1, -0.05) is 11.6 Å². The lowest BCUT2D eigenvalue weighted by atomic mass is 10.2. The van der Waals surface area contributed by atoms with E-state index < -0.39 is 11.7 Å². The molecule has 0 unspecified atom stereocenters. The summed E-state index contributed by atoms with van der Waals surface area (Å²) < 4.78 is 4.52. The summed E-state index contributed by atoms with van der Waals surface area (Å²) in [5.41, 5.74) is -0.115. The van der Waals surface area contributed by atoms with Gasteiger partial charge in [-0.15, -0.1) is 0 Å². The molecule has 0 spiro atoms. The Morgan fingerprint density at radius 2 is 2.07 bits per heavy atom. The van der Waals surface area contributed by atoms with Gasteiger partial charge in [-0.2, -0.15) is 0 Å². The Balaban J connectivity index is 3.44. The second-order valence-electron chi connectivity index (χ2n) is 2.41. The molecule has 14 heavy (non-hydrogen) atoms. The van der Waals surface area contributed by atoms with Crippen molar-refractivity contribution in [1.29, 1.82) is 0 Å². The molecular weight excluding hydrogens is 275 g/mol. The fourth-order valence-electron chi connectivity index (χ4n) is 0.896. The number of halogens is 2. The number of carbonyl (C=O) groups excluding carboxylic acids is 1. The van der Waals surface area contributed by atoms with Crippen LogP contribution in [0.4, 0.5) is 0 Å². The standard InChI is InChI=1S/C8H6BrClO4/c1-14-8(13)5-3(11)2-4(12)7(10)6(5)9/h2,11-12H,1H3. The highest BCUT2D eigenvalue weighted by Gasteiger charge is 2.20. The van der Waals surface area contributed by atoms with Crippen molar-refractivity contribution in [3.8, 4) is 11.5 Å². The molecule has 0 aliphatic heterocycles. The average Bonchev–Trinajstić information content (AvgIpc) is 2.14. The average molecular weight is 281 g/mol. The van der Waals surface area contributed by atoms with Gasteiger partial charge in [0.25, 0.3) is 0 Å². The van der Waals surface area contributed by atoms with Crippen LogP contribution in [-0.4, -0.2) is 23.3 Å². The first-order valence-electron chi connectivity index (χ1n) is 3.47. The summed E-state index contributed by atoms with van der Waals surface area (Å²) in [5.74, 6) is -1.45. The fourth-order valence-corrected chi connectivity index (χ4v) is 1.61. The lowest BCUT2D eigenvalue weighted by Gasteiger charge is -2.07. The van der Waals surface area contributed by atoms with Crippen molar-refractivity contribution in [3.05, 3.63) is 21.1 Å². The zero-order chi connectivity index (χ0) is 10.9. The zero-order valence-electron chi connectivity index (χ0n) is 7.04. The highest BCUT2D eigenvalue weighted by molar-refractivity contribution is 9.10. The van der Waals surface area contributed by atoms with Gasteiger partial charge >= 0.3 is 5.97 Å². The number of phenolic OH excluding ortho intramolecular Hbond substituents is 2. The van der Waals surface area contributed by atoms with Crippen LogP contribution < -0.4 is 0 Å². The van der Waals surface area contributed by atoms with Gasteiger partial charge < -0.3 is 14.9 Å². The molecule has 0 aromatic heterocycles. The molecule has 0 amide bonds. The Hall–Kier alpha value is -0.940. The molecule has 0 saturated heterocycles. The molecule has 0 bridgehead atoms. The van der Waals surface area contributed by atoms with E-state index >= 15 is 0 Å². The predicted molar refractivity (Wildman–Crippen MR) is 53.8 cm³/mol. The number of hydrogen-bond donors (Lipinski definition) is 2. The molecule has 4 nitrogen and oxygen atoms in total. The predicted octanol–water partition coefficient (Wildman–Crippen LogP) is 2.30. The molecule has 1 rings (SSSR count). The molecule has 0 atom stereocenters. The number of esters is 1. The number of methoxy groups -OCH3 is 1. The summed E-state index contributed by atoms with van der Waals surface area (Å²) in [4.78, 5) is 11.2. The van der Waals surface area contributed by atoms with E-state index in [0.29, 0.717) is 0 Å². The number of carbonyl (C=O) groups is 1. The van der Waals surface area contributed by atoms with Crippen LogP contribution in [0, 0.1) is 0 Å². The molecule has 0 saturated carbocycles. The van der Waals surface area contributed by atoms with Gasteiger partial charge in [-0.05, 0) is 15.9 Å². The number of ether oxygens (including phenoxy) is 1. The summed E-state index contributed by atoms with van der Waals surface area (Å²) in [6, 6.07) is 0.972. The highest BCUT2D eigenvalue weighted by Crippen LogP contribution is 2.39. The molecule has 0 aliphatic carbocycles. The van der Waals surface area contributed by atoms with Crippen molar-refractivity contribution in [3.63, 3.8) is 0 Å². The first-order valence-corrected chi connectivity index (χ1v) is 4.64. The number of aromatic hydroxyl groups is 2. The van der Waals surface area contributed by atoms with Crippen molar-refractivity contribution < 1.29 is 19.7 Å². The van der Waals surface area contributed by atoms with Crippen molar-refractivity contribution in [1.82, 2.24) is 0 Å². The molecule has 76 valence electrons. The van der Waals surface area contributed by atoms with Gasteiger partial charge in [-0.3, -0.25) is 0 Å². The molecule has 0 radical (unpaired) electrons. The number of phenols is 2. The van der Waals surface area contributed by atoms with E-state index in [1.54, 1.807) is 0 Å². The van der Waals surface area contributed by atoms with E-state index in [1.807, 2.05) is 0 Å². The third-order valence-corrected chi connectivity index (χ3v) is 2.96. The Kier molecular flexibility index (Phi) is 3.23. The van der Waals surface area contributed by atoms with Crippen LogP contribution in [0.2, 0.25) is 5.02 Å². The SMILES string of the molecule is COC(=O)c1c(O)cc(O)c(Cl)c1Br. The van der Waals surface area contributed by atoms with Crippen LogP contribution >= 0.6 is 27.5 Å². The monoisotopic (exact) mass is 280 g/mol. The molecule has 0 heterocycles. The molecule has 0 aliphatic rings. The molecular formula is C8H6BrClO4. The van der Waals surface area contributed by atoms with Crippen molar-refractivity contribution in [2.24, 2.45) is 0 Å². The van der Waals surface area contributed by atoms with Gasteiger partial charge in [0.1, 0.15) is 17.1 Å². The van der Waals surface area contributed by atoms with Gasteiger partial charge in [-0.25, -0.2) is 4.79 Å². The first-order chi connectivity index (χ1) is 6.49. The summed E-state index contributed by atoms with van der Waals surface area (Å²) in [6.45, 7) is 0. The summed E-state index contributed by atoms with van der Waals surface area (Å²) in [6.07, 6.45) is 0. The lowest BCUT2D eigenvalue weighted by molar-refractivity contribution is 0.0596. The Morgan fingerprint density at radius 3 is 2.57 bits per heavy atom. The number of hydrogen-bond acceptors (Lipinski definition) is 4. The molecule has 0 fully saturated rings. The van der Waals surface area contributed by atoms with Crippen LogP contribution in [0.5, 0.6) is 11.5 Å². The third kappa shape index (κ3) is 1.78. The highest BCUT2D eigenvalue weighted by atomic mass is 79.9. The van der Waals surface area contributed by atoms with Gasteiger partial charge in [0, 0.05) is 6.07 Å². The molecule has 1 aromatic carbocycles. The molecule has 1 aromatic rings. The first kappa shape index (κ1) is 11.1. The Bertz CT molecular complexity index is 391. The van der Waals surface area contributed by atoms with E-state index in [9.17, 15) is 15.0 Å². The minimum atomic E-state index is -0.740. The molecule has 2 N–H and O–H groups in total. The molecule has 6 heteroatoms. The fraction of sp³-hybridized carbons (Fsp3) is 0.125. The van der Waals surface area contributed by atoms with Gasteiger partial charge in [0.15, 0.2) is 0 Å². The van der Waals surface area contributed by atoms with Crippen molar-refractivity contribution >= 4 is 33.5 Å². The van der Waals surface area contributed by atoms with E-state index in [4.69, 9.17) is 11.6 Å². The van der Waals surface area contributed by atoms with E-state index in [1.165, 1.54) is 7.11 Å². The third-order valence-electron chi connectivity index (χ3n) is 1.56. The van der Waals surface area contributed by atoms with Crippen molar-refractivity contribution in [2.45, 2.75) is 0 Å². The second-order valence-corrected chi connectivity index (χ2v) is 3.58. The quantitative estimate of drug-likeness (QED) is 0.775. The summed E-state index contributed by atoms with van der Waals surface area (Å²) >= 11 is 8.61. The van der Waals surface area contributed by atoms with E-state index in [-0.39, 0.29) is 20.8 Å². The smallest absolute Gasteiger partial charge is 0.342 e. The topological polar surface area (TPSA) is 66.8 Å². The van der Waals surface area contributed by atoms with E-state index in [2.05, 4.69) is 20.7 Å². The van der Waals surface area contributed by atoms with Crippen LogP contribution in [0.3, 0.4) is 0 Å². The maximum absolute atomic E-state index is 11.2. The summed E-state index contributed by atoms with van der Waals surface area (Å²) in [7, 11) is 1.18. The number of rotatable bonds is 1. The maximum Gasteiger partial charge on any atom is 0.342 e. The van der Waals surface area contributed by atoms with Crippen molar-refractivity contribution in [2.75, 3.05) is 7.11 Å². The Labute approximate surface area is 93.2 Å².